The fourth-order valence-corrected chi connectivity index (χ4v) is 1.71. The number of nitrogens with zero attached hydrogens (tertiary/aromatic N) is 2. The van der Waals surface area contributed by atoms with Crippen molar-refractivity contribution in [3.63, 3.8) is 0 Å². The van der Waals surface area contributed by atoms with Gasteiger partial charge in [0.1, 0.15) is 17.4 Å². The van der Waals surface area contributed by atoms with E-state index in [1.54, 1.807) is 31.3 Å². The molecule has 0 N–H and O–H groups in total. The normalized spacial score (nSPS) is 10.1. The highest BCUT2D eigenvalue weighted by Gasteiger charge is 2.06. The number of hydrogen-bond acceptors (Lipinski definition) is 2. The van der Waals surface area contributed by atoms with Crippen molar-refractivity contribution >= 4 is 0 Å². The number of aryl methyl sites for hydroxylation is 1. The van der Waals surface area contributed by atoms with Crippen LogP contribution in [0.4, 0.5) is 4.39 Å². The van der Waals surface area contributed by atoms with E-state index in [-0.39, 0.29) is 16.9 Å². The number of aromatic nitrogens is 1. The third-order valence-electron chi connectivity index (χ3n) is 2.75. The highest BCUT2D eigenvalue weighted by molar-refractivity contribution is 5.34. The molecule has 0 aliphatic heterocycles. The van der Waals surface area contributed by atoms with Gasteiger partial charge < -0.3 is 4.57 Å². The van der Waals surface area contributed by atoms with E-state index in [0.717, 1.165) is 5.56 Å². The molecule has 0 atom stereocenters. The van der Waals surface area contributed by atoms with Crippen molar-refractivity contribution in [3.05, 3.63) is 69.4 Å². The standard InChI is InChI=1S/C14H11FN2O/c1-10-6-7-17(14(18)13(10)8-16)9-11-2-4-12(15)5-3-11/h2-7H,9H2,1H3. The molecule has 0 bridgehead atoms. The Hall–Kier alpha value is -2.41. The summed E-state index contributed by atoms with van der Waals surface area (Å²) in [5, 5.41) is 8.91. The van der Waals surface area contributed by atoms with Gasteiger partial charge in [0.25, 0.3) is 5.56 Å². The Balaban J connectivity index is 2.39. The zero-order valence-corrected chi connectivity index (χ0v) is 9.85. The molecule has 0 radical (unpaired) electrons. The maximum Gasteiger partial charge on any atom is 0.269 e. The zero-order chi connectivity index (χ0) is 13.1. The van der Waals surface area contributed by atoms with Crippen molar-refractivity contribution in [2.75, 3.05) is 0 Å². The maximum atomic E-state index is 12.8. The smallest absolute Gasteiger partial charge is 0.269 e. The predicted octanol–water partition coefficient (Wildman–Crippen LogP) is 2.22. The summed E-state index contributed by atoms with van der Waals surface area (Å²) in [6.45, 7) is 2.05. The van der Waals surface area contributed by atoms with E-state index in [4.69, 9.17) is 5.26 Å². The van der Waals surface area contributed by atoms with Gasteiger partial charge in [0.15, 0.2) is 0 Å². The third-order valence-corrected chi connectivity index (χ3v) is 2.75. The summed E-state index contributed by atoms with van der Waals surface area (Å²) < 4.78 is 14.2. The molecule has 90 valence electrons. The second kappa shape index (κ2) is 4.84. The number of halogens is 1. The van der Waals surface area contributed by atoms with E-state index >= 15 is 0 Å². The average molecular weight is 242 g/mol. The minimum absolute atomic E-state index is 0.152. The molecule has 0 aliphatic carbocycles. The topological polar surface area (TPSA) is 45.8 Å². The Bertz CT molecular complexity index is 666. The molecule has 0 aliphatic rings. The van der Waals surface area contributed by atoms with Crippen LogP contribution in [-0.2, 0) is 6.54 Å². The van der Waals surface area contributed by atoms with Crippen molar-refractivity contribution in [2.24, 2.45) is 0 Å². The van der Waals surface area contributed by atoms with E-state index in [1.165, 1.54) is 16.7 Å². The SMILES string of the molecule is Cc1ccn(Cc2ccc(F)cc2)c(=O)c1C#N. The molecule has 4 heteroatoms. The summed E-state index contributed by atoms with van der Waals surface area (Å²) in [6.07, 6.45) is 1.64. The van der Waals surface area contributed by atoms with E-state index in [9.17, 15) is 9.18 Å². The molecule has 2 aromatic rings. The fourth-order valence-electron chi connectivity index (χ4n) is 1.71. The monoisotopic (exact) mass is 242 g/mol. The van der Waals surface area contributed by atoms with Crippen LogP contribution in [0.15, 0.2) is 41.3 Å². The molecule has 1 aromatic carbocycles. The quantitative estimate of drug-likeness (QED) is 0.810. The van der Waals surface area contributed by atoms with Crippen LogP contribution in [-0.4, -0.2) is 4.57 Å². The summed E-state index contributed by atoms with van der Waals surface area (Å²) >= 11 is 0. The lowest BCUT2D eigenvalue weighted by Crippen LogP contribution is -2.23. The molecule has 0 fully saturated rings. The first-order valence-electron chi connectivity index (χ1n) is 5.46. The van der Waals surface area contributed by atoms with E-state index in [1.807, 2.05) is 6.07 Å². The van der Waals surface area contributed by atoms with E-state index < -0.39 is 0 Å². The first kappa shape index (κ1) is 12.1. The van der Waals surface area contributed by atoms with Crippen molar-refractivity contribution in [2.45, 2.75) is 13.5 Å². The number of pyridine rings is 1. The van der Waals surface area contributed by atoms with Crippen LogP contribution in [0.25, 0.3) is 0 Å². The van der Waals surface area contributed by atoms with Gasteiger partial charge >= 0.3 is 0 Å². The molecule has 1 heterocycles. The molecule has 1 aromatic heterocycles. The first-order valence-corrected chi connectivity index (χ1v) is 5.46. The predicted molar refractivity (Wildman–Crippen MR) is 65.7 cm³/mol. The average Bonchev–Trinajstić information content (AvgIpc) is 2.36. The van der Waals surface area contributed by atoms with Gasteiger partial charge in [0.2, 0.25) is 0 Å². The molecule has 18 heavy (non-hydrogen) atoms. The summed E-state index contributed by atoms with van der Waals surface area (Å²) in [5.74, 6) is -0.312. The van der Waals surface area contributed by atoms with Gasteiger partial charge in [0.05, 0.1) is 6.54 Å². The van der Waals surface area contributed by atoms with Gasteiger partial charge in [-0.15, -0.1) is 0 Å². The Labute approximate surface area is 104 Å². The van der Waals surface area contributed by atoms with Gasteiger partial charge in [-0.1, -0.05) is 12.1 Å². The number of rotatable bonds is 2. The van der Waals surface area contributed by atoms with Gasteiger partial charge in [-0.25, -0.2) is 4.39 Å². The number of nitriles is 1. The zero-order valence-electron chi connectivity index (χ0n) is 9.85. The van der Waals surface area contributed by atoms with Crippen LogP contribution >= 0.6 is 0 Å². The highest BCUT2D eigenvalue weighted by Crippen LogP contribution is 2.06. The lowest BCUT2D eigenvalue weighted by Gasteiger charge is -2.07. The Morgan fingerprint density at radius 2 is 1.94 bits per heavy atom. The molecule has 3 nitrogen and oxygen atoms in total. The Kier molecular flexibility index (Phi) is 3.24. The summed E-state index contributed by atoms with van der Waals surface area (Å²) in [6, 6.07) is 9.56. The minimum Gasteiger partial charge on any atom is -0.310 e. The molecule has 2 rings (SSSR count). The van der Waals surface area contributed by atoms with Crippen molar-refractivity contribution in [3.8, 4) is 6.07 Å². The van der Waals surface area contributed by atoms with E-state index in [0.29, 0.717) is 12.1 Å². The molecule has 0 amide bonds. The molecule has 0 saturated heterocycles. The molecule has 0 spiro atoms. The van der Waals surface area contributed by atoms with Crippen LogP contribution in [0.3, 0.4) is 0 Å². The largest absolute Gasteiger partial charge is 0.310 e. The second-order valence-electron chi connectivity index (χ2n) is 4.05. The summed E-state index contributed by atoms with van der Waals surface area (Å²) in [4.78, 5) is 12.0. The van der Waals surface area contributed by atoms with Gasteiger partial charge in [-0.05, 0) is 36.2 Å². The van der Waals surface area contributed by atoms with Gasteiger partial charge in [-0.3, -0.25) is 4.79 Å². The van der Waals surface area contributed by atoms with Gasteiger partial charge in [-0.2, -0.15) is 5.26 Å². The first-order chi connectivity index (χ1) is 8.61. The van der Waals surface area contributed by atoms with Crippen LogP contribution in [0.2, 0.25) is 0 Å². The van der Waals surface area contributed by atoms with Crippen molar-refractivity contribution < 1.29 is 4.39 Å². The van der Waals surface area contributed by atoms with Crippen LogP contribution in [0.1, 0.15) is 16.7 Å². The van der Waals surface area contributed by atoms with Crippen LogP contribution in [0, 0.1) is 24.1 Å². The second-order valence-corrected chi connectivity index (χ2v) is 4.05. The van der Waals surface area contributed by atoms with Gasteiger partial charge in [0, 0.05) is 6.20 Å². The number of hydrogen-bond donors (Lipinski definition) is 0. The van der Waals surface area contributed by atoms with Crippen LogP contribution in [0.5, 0.6) is 0 Å². The lowest BCUT2D eigenvalue weighted by molar-refractivity contribution is 0.626. The summed E-state index contributed by atoms with van der Waals surface area (Å²) in [5.41, 5.74) is 1.31. The molecular weight excluding hydrogens is 231 g/mol. The number of benzene rings is 1. The van der Waals surface area contributed by atoms with Crippen molar-refractivity contribution in [1.82, 2.24) is 4.57 Å². The Morgan fingerprint density at radius 3 is 2.56 bits per heavy atom. The van der Waals surface area contributed by atoms with Crippen LogP contribution < -0.4 is 5.56 Å². The molecular formula is C14H11FN2O. The maximum absolute atomic E-state index is 12.8. The highest BCUT2D eigenvalue weighted by atomic mass is 19.1. The van der Waals surface area contributed by atoms with Crippen molar-refractivity contribution in [1.29, 1.82) is 5.26 Å². The van der Waals surface area contributed by atoms with E-state index in [2.05, 4.69) is 0 Å². The third kappa shape index (κ3) is 2.30. The fraction of sp³-hybridized carbons (Fsp3) is 0.143. The molecule has 0 unspecified atom stereocenters. The summed E-state index contributed by atoms with van der Waals surface area (Å²) in [7, 11) is 0. The Morgan fingerprint density at radius 1 is 1.28 bits per heavy atom. The molecule has 0 saturated carbocycles. The minimum atomic E-state index is -0.318. The lowest BCUT2D eigenvalue weighted by atomic mass is 10.1.